The normalized spacial score (nSPS) is 11.0. The predicted molar refractivity (Wildman–Crippen MR) is 95.4 cm³/mol. The first-order valence-corrected chi connectivity index (χ1v) is 7.94. The molecule has 0 bridgehead atoms. The Morgan fingerprint density at radius 2 is 1.88 bits per heavy atom. The van der Waals surface area contributed by atoms with Crippen molar-refractivity contribution in [3.63, 3.8) is 0 Å². The highest BCUT2D eigenvalue weighted by Gasteiger charge is 2.14. The van der Waals surface area contributed by atoms with E-state index < -0.39 is 5.97 Å². The summed E-state index contributed by atoms with van der Waals surface area (Å²) in [7, 11) is 0. The molecule has 0 spiro atoms. The van der Waals surface area contributed by atoms with Crippen molar-refractivity contribution in [2.24, 2.45) is 0 Å². The molecule has 128 valence electrons. The summed E-state index contributed by atoms with van der Waals surface area (Å²) in [6, 6.07) is 11.3. The first-order chi connectivity index (χ1) is 11.8. The minimum Gasteiger partial charge on any atom is -0.490 e. The van der Waals surface area contributed by atoms with E-state index in [0.717, 1.165) is 5.56 Å². The zero-order valence-electron chi connectivity index (χ0n) is 14.2. The zero-order valence-corrected chi connectivity index (χ0v) is 14.2. The Balaban J connectivity index is 2.20. The first kappa shape index (κ1) is 16.8. The summed E-state index contributed by atoms with van der Waals surface area (Å²) in [6.45, 7) is 5.79. The molecule has 0 radical (unpaired) electrons. The SMILES string of the molecule is Cc1ccc(OC(C)C)c(-c2cc(=O)c3cc(C(=O)O)ccc3o2)c1. The van der Waals surface area contributed by atoms with Crippen LogP contribution in [0.25, 0.3) is 22.3 Å². The Hall–Kier alpha value is -3.08. The van der Waals surface area contributed by atoms with Crippen LogP contribution in [0.5, 0.6) is 5.75 Å². The van der Waals surface area contributed by atoms with E-state index in [-0.39, 0.29) is 22.5 Å². The lowest BCUT2D eigenvalue weighted by atomic mass is 10.1. The molecular formula is C20H18O5. The Morgan fingerprint density at radius 1 is 1.12 bits per heavy atom. The van der Waals surface area contributed by atoms with Crippen LogP contribution in [0.3, 0.4) is 0 Å². The van der Waals surface area contributed by atoms with E-state index in [4.69, 9.17) is 14.3 Å². The lowest BCUT2D eigenvalue weighted by molar-refractivity contribution is 0.0697. The van der Waals surface area contributed by atoms with Crippen LogP contribution in [-0.4, -0.2) is 17.2 Å². The zero-order chi connectivity index (χ0) is 18.1. The van der Waals surface area contributed by atoms with Crippen LogP contribution in [0.15, 0.2) is 51.7 Å². The summed E-state index contributed by atoms with van der Waals surface area (Å²) in [4.78, 5) is 23.6. The summed E-state index contributed by atoms with van der Waals surface area (Å²) in [6.07, 6.45) is -0.0215. The number of aromatic carboxylic acids is 1. The maximum atomic E-state index is 12.5. The van der Waals surface area contributed by atoms with E-state index in [2.05, 4.69) is 0 Å². The van der Waals surface area contributed by atoms with Crippen LogP contribution < -0.4 is 10.2 Å². The van der Waals surface area contributed by atoms with Crippen LogP contribution in [0.1, 0.15) is 29.8 Å². The molecule has 3 rings (SSSR count). The fraction of sp³-hybridized carbons (Fsp3) is 0.200. The second-order valence-corrected chi connectivity index (χ2v) is 6.16. The third kappa shape index (κ3) is 3.40. The summed E-state index contributed by atoms with van der Waals surface area (Å²) in [5.74, 6) is -0.0677. The molecule has 1 heterocycles. The molecule has 3 aromatic rings. The molecule has 1 aromatic heterocycles. The number of carboxylic acid groups (broad SMARTS) is 1. The van der Waals surface area contributed by atoms with Crippen molar-refractivity contribution < 1.29 is 19.1 Å². The van der Waals surface area contributed by atoms with Crippen LogP contribution in [0.4, 0.5) is 0 Å². The summed E-state index contributed by atoms with van der Waals surface area (Å²) in [5.41, 5.74) is 1.79. The third-order valence-corrected chi connectivity index (χ3v) is 3.74. The van der Waals surface area contributed by atoms with Gasteiger partial charge in [-0.25, -0.2) is 4.79 Å². The van der Waals surface area contributed by atoms with Crippen molar-refractivity contribution in [3.05, 3.63) is 63.8 Å². The maximum absolute atomic E-state index is 12.5. The van der Waals surface area contributed by atoms with Crippen molar-refractivity contribution >= 4 is 16.9 Å². The summed E-state index contributed by atoms with van der Waals surface area (Å²) >= 11 is 0. The molecule has 0 atom stereocenters. The Labute approximate surface area is 144 Å². The molecule has 0 saturated heterocycles. The second-order valence-electron chi connectivity index (χ2n) is 6.16. The van der Waals surface area contributed by atoms with E-state index in [1.807, 2.05) is 39.0 Å². The minimum absolute atomic E-state index is 0.0215. The monoisotopic (exact) mass is 338 g/mol. The van der Waals surface area contributed by atoms with E-state index in [1.165, 1.54) is 24.3 Å². The van der Waals surface area contributed by atoms with Crippen molar-refractivity contribution in [2.45, 2.75) is 26.9 Å². The average molecular weight is 338 g/mol. The molecule has 1 N–H and O–H groups in total. The number of aryl methyl sites for hydroxylation is 1. The fourth-order valence-corrected chi connectivity index (χ4v) is 2.62. The maximum Gasteiger partial charge on any atom is 0.335 e. The van der Waals surface area contributed by atoms with E-state index in [0.29, 0.717) is 22.7 Å². The van der Waals surface area contributed by atoms with Crippen LogP contribution in [0, 0.1) is 6.92 Å². The van der Waals surface area contributed by atoms with Gasteiger partial charge in [0, 0.05) is 6.07 Å². The lowest BCUT2D eigenvalue weighted by Gasteiger charge is -2.14. The van der Waals surface area contributed by atoms with Gasteiger partial charge in [-0.3, -0.25) is 4.79 Å². The van der Waals surface area contributed by atoms with E-state index in [9.17, 15) is 9.59 Å². The predicted octanol–water partition coefficient (Wildman–Crippen LogP) is 4.25. The van der Waals surface area contributed by atoms with Crippen LogP contribution in [0.2, 0.25) is 0 Å². The standard InChI is InChI=1S/C20H18O5/c1-11(2)24-18-6-4-12(3)8-15(18)19-10-16(21)14-9-13(20(22)23)5-7-17(14)25-19/h4-11H,1-3H3,(H,22,23). The fourth-order valence-electron chi connectivity index (χ4n) is 2.62. The third-order valence-electron chi connectivity index (χ3n) is 3.74. The Kier molecular flexibility index (Phi) is 4.31. The van der Waals surface area contributed by atoms with Crippen molar-refractivity contribution in [3.8, 4) is 17.1 Å². The van der Waals surface area contributed by atoms with E-state index >= 15 is 0 Å². The van der Waals surface area contributed by atoms with Gasteiger partial charge in [-0.2, -0.15) is 0 Å². The largest absolute Gasteiger partial charge is 0.490 e. The number of benzene rings is 2. The van der Waals surface area contributed by atoms with Gasteiger partial charge in [-0.1, -0.05) is 11.6 Å². The van der Waals surface area contributed by atoms with Crippen molar-refractivity contribution in [2.75, 3.05) is 0 Å². The molecule has 0 amide bonds. The molecular weight excluding hydrogens is 320 g/mol. The van der Waals surface area contributed by atoms with E-state index in [1.54, 1.807) is 0 Å². The smallest absolute Gasteiger partial charge is 0.335 e. The molecule has 0 fully saturated rings. The van der Waals surface area contributed by atoms with Crippen molar-refractivity contribution in [1.82, 2.24) is 0 Å². The number of hydrogen-bond donors (Lipinski definition) is 1. The van der Waals surface area contributed by atoms with Gasteiger partial charge in [-0.05, 0) is 51.1 Å². The summed E-state index contributed by atoms with van der Waals surface area (Å²) in [5, 5.41) is 9.31. The van der Waals surface area contributed by atoms with Gasteiger partial charge >= 0.3 is 5.97 Å². The first-order valence-electron chi connectivity index (χ1n) is 7.94. The number of fused-ring (bicyclic) bond motifs is 1. The molecule has 0 unspecified atom stereocenters. The number of carboxylic acids is 1. The molecule has 0 aliphatic carbocycles. The summed E-state index contributed by atoms with van der Waals surface area (Å²) < 4.78 is 11.7. The number of ether oxygens (including phenoxy) is 1. The van der Waals surface area contributed by atoms with Gasteiger partial charge in [0.1, 0.15) is 17.1 Å². The topological polar surface area (TPSA) is 76.7 Å². The van der Waals surface area contributed by atoms with Crippen LogP contribution in [-0.2, 0) is 0 Å². The van der Waals surface area contributed by atoms with Gasteiger partial charge in [0.25, 0.3) is 0 Å². The number of rotatable bonds is 4. The quantitative estimate of drug-likeness (QED) is 0.769. The van der Waals surface area contributed by atoms with Gasteiger partial charge in [0.15, 0.2) is 5.43 Å². The molecule has 0 aliphatic heterocycles. The Bertz CT molecular complexity index is 1010. The lowest BCUT2D eigenvalue weighted by Crippen LogP contribution is -2.07. The van der Waals surface area contributed by atoms with Gasteiger partial charge < -0.3 is 14.3 Å². The second kappa shape index (κ2) is 6.43. The highest BCUT2D eigenvalue weighted by atomic mass is 16.5. The van der Waals surface area contributed by atoms with Crippen LogP contribution >= 0.6 is 0 Å². The molecule has 2 aromatic carbocycles. The number of carbonyl (C=O) groups is 1. The average Bonchev–Trinajstić information content (AvgIpc) is 2.55. The molecule has 0 saturated carbocycles. The van der Waals surface area contributed by atoms with Gasteiger partial charge in [0.2, 0.25) is 0 Å². The highest BCUT2D eigenvalue weighted by molar-refractivity contribution is 5.93. The molecule has 5 nitrogen and oxygen atoms in total. The molecule has 25 heavy (non-hydrogen) atoms. The Morgan fingerprint density at radius 3 is 2.56 bits per heavy atom. The van der Waals surface area contributed by atoms with Gasteiger partial charge in [0.05, 0.1) is 22.6 Å². The van der Waals surface area contributed by atoms with Crippen molar-refractivity contribution in [1.29, 1.82) is 0 Å². The minimum atomic E-state index is -1.09. The van der Waals surface area contributed by atoms with Gasteiger partial charge in [-0.15, -0.1) is 0 Å². The molecule has 0 aliphatic rings. The molecule has 5 heteroatoms. The number of hydrogen-bond acceptors (Lipinski definition) is 4. The highest BCUT2D eigenvalue weighted by Crippen LogP contribution is 2.32.